The van der Waals surface area contributed by atoms with Crippen LogP contribution < -0.4 is 11.5 Å². The highest BCUT2D eigenvalue weighted by Crippen LogP contribution is 2.11. The first-order valence-electron chi connectivity index (χ1n) is 2.70. The number of aldehydes is 1. The molecule has 4 N–H and O–H groups in total. The van der Waals surface area contributed by atoms with Crippen LogP contribution in [0, 0.1) is 0 Å². The van der Waals surface area contributed by atoms with Crippen molar-refractivity contribution in [3.05, 3.63) is 18.0 Å². The van der Waals surface area contributed by atoms with E-state index in [-0.39, 0.29) is 0 Å². The second-order valence-corrected chi connectivity index (χ2v) is 1.86. The Balaban J connectivity index is 3.16. The maximum atomic E-state index is 10.1. The van der Waals surface area contributed by atoms with Crippen molar-refractivity contribution in [2.45, 2.75) is 0 Å². The zero-order valence-corrected chi connectivity index (χ0v) is 5.24. The SMILES string of the molecule is Nc1cnc(C=O)cc1N. The van der Waals surface area contributed by atoms with Gasteiger partial charge in [0.05, 0.1) is 17.6 Å². The van der Waals surface area contributed by atoms with Gasteiger partial charge in [-0.15, -0.1) is 0 Å². The first kappa shape index (κ1) is 6.54. The smallest absolute Gasteiger partial charge is 0.168 e. The second-order valence-electron chi connectivity index (χ2n) is 1.86. The largest absolute Gasteiger partial charge is 0.397 e. The standard InChI is InChI=1S/C6H7N3O/c7-5-1-4(3-10)9-2-6(5)8/h1-3H,8H2,(H2,7,9). The van der Waals surface area contributed by atoms with Gasteiger partial charge in [0, 0.05) is 0 Å². The molecule has 0 unspecified atom stereocenters. The molecule has 4 heteroatoms. The fourth-order valence-electron chi connectivity index (χ4n) is 0.563. The number of carbonyl (C=O) groups is 1. The zero-order chi connectivity index (χ0) is 7.56. The van der Waals surface area contributed by atoms with Crippen molar-refractivity contribution in [2.75, 3.05) is 11.5 Å². The van der Waals surface area contributed by atoms with E-state index in [0.717, 1.165) is 0 Å². The molecule has 0 radical (unpaired) electrons. The molecule has 0 saturated carbocycles. The van der Waals surface area contributed by atoms with Crippen LogP contribution >= 0.6 is 0 Å². The van der Waals surface area contributed by atoms with E-state index in [9.17, 15) is 4.79 Å². The van der Waals surface area contributed by atoms with E-state index in [1.807, 2.05) is 0 Å². The highest BCUT2D eigenvalue weighted by Gasteiger charge is 1.95. The second kappa shape index (κ2) is 2.34. The summed E-state index contributed by atoms with van der Waals surface area (Å²) in [7, 11) is 0. The van der Waals surface area contributed by atoms with Gasteiger partial charge in [-0.2, -0.15) is 0 Å². The number of aromatic nitrogens is 1. The number of nitrogen functional groups attached to an aromatic ring is 2. The van der Waals surface area contributed by atoms with Crippen LogP contribution in [-0.4, -0.2) is 11.3 Å². The van der Waals surface area contributed by atoms with E-state index in [4.69, 9.17) is 11.5 Å². The van der Waals surface area contributed by atoms with Gasteiger partial charge in [-0.1, -0.05) is 0 Å². The molecular formula is C6H7N3O. The molecule has 0 amide bonds. The number of carbonyl (C=O) groups excluding carboxylic acids is 1. The lowest BCUT2D eigenvalue weighted by Gasteiger charge is -1.96. The van der Waals surface area contributed by atoms with Crippen LogP contribution in [0.1, 0.15) is 10.5 Å². The Morgan fingerprint density at radius 2 is 2.10 bits per heavy atom. The first-order valence-corrected chi connectivity index (χ1v) is 2.70. The highest BCUT2D eigenvalue weighted by molar-refractivity contribution is 5.76. The summed E-state index contributed by atoms with van der Waals surface area (Å²) in [4.78, 5) is 13.8. The first-order chi connectivity index (χ1) is 4.74. The number of anilines is 2. The molecule has 0 spiro atoms. The van der Waals surface area contributed by atoms with E-state index in [1.54, 1.807) is 0 Å². The third kappa shape index (κ3) is 1.05. The van der Waals surface area contributed by atoms with Gasteiger partial charge >= 0.3 is 0 Å². The molecular weight excluding hydrogens is 130 g/mol. The van der Waals surface area contributed by atoms with E-state index in [2.05, 4.69) is 4.98 Å². The Morgan fingerprint density at radius 1 is 1.40 bits per heavy atom. The van der Waals surface area contributed by atoms with Gasteiger partial charge in [0.2, 0.25) is 0 Å². The fourth-order valence-corrected chi connectivity index (χ4v) is 0.563. The summed E-state index contributed by atoms with van der Waals surface area (Å²) in [6.07, 6.45) is 1.98. The molecule has 0 aromatic carbocycles. The van der Waals surface area contributed by atoms with Crippen LogP contribution in [0.5, 0.6) is 0 Å². The van der Waals surface area contributed by atoms with E-state index < -0.39 is 0 Å². The zero-order valence-electron chi connectivity index (χ0n) is 5.24. The van der Waals surface area contributed by atoms with Crippen molar-refractivity contribution >= 4 is 17.7 Å². The molecule has 0 aliphatic carbocycles. The number of hydrogen-bond donors (Lipinski definition) is 2. The molecule has 0 aliphatic rings. The summed E-state index contributed by atoms with van der Waals surface area (Å²) in [5, 5.41) is 0. The lowest BCUT2D eigenvalue weighted by molar-refractivity contribution is 0.111. The van der Waals surface area contributed by atoms with Gasteiger partial charge in [0.25, 0.3) is 0 Å². The van der Waals surface area contributed by atoms with Crippen LogP contribution in [-0.2, 0) is 0 Å². The van der Waals surface area contributed by atoms with Gasteiger partial charge in [-0.25, -0.2) is 0 Å². The molecule has 1 rings (SSSR count). The summed E-state index contributed by atoms with van der Waals surface area (Å²) < 4.78 is 0. The number of nitrogens with two attached hydrogens (primary N) is 2. The van der Waals surface area contributed by atoms with Gasteiger partial charge in [-0.3, -0.25) is 9.78 Å². The van der Waals surface area contributed by atoms with Crippen LogP contribution in [0.2, 0.25) is 0 Å². The summed E-state index contributed by atoms with van der Waals surface area (Å²) in [5.74, 6) is 0. The molecule has 1 aromatic heterocycles. The van der Waals surface area contributed by atoms with Crippen molar-refractivity contribution in [1.82, 2.24) is 4.98 Å². The number of pyridine rings is 1. The highest BCUT2D eigenvalue weighted by atomic mass is 16.1. The van der Waals surface area contributed by atoms with Crippen molar-refractivity contribution in [3.63, 3.8) is 0 Å². The quantitative estimate of drug-likeness (QED) is 0.536. The molecule has 0 fully saturated rings. The molecule has 52 valence electrons. The van der Waals surface area contributed by atoms with Crippen LogP contribution in [0.4, 0.5) is 11.4 Å². The van der Waals surface area contributed by atoms with Crippen LogP contribution in [0.25, 0.3) is 0 Å². The molecule has 0 atom stereocenters. The molecule has 4 nitrogen and oxygen atoms in total. The monoisotopic (exact) mass is 137 g/mol. The fraction of sp³-hybridized carbons (Fsp3) is 0. The van der Waals surface area contributed by atoms with Crippen LogP contribution in [0.3, 0.4) is 0 Å². The molecule has 1 aromatic rings. The minimum Gasteiger partial charge on any atom is -0.397 e. The maximum absolute atomic E-state index is 10.1. The van der Waals surface area contributed by atoms with Gasteiger partial charge < -0.3 is 11.5 Å². The summed E-state index contributed by atoms with van der Waals surface area (Å²) in [6, 6.07) is 1.43. The van der Waals surface area contributed by atoms with E-state index in [0.29, 0.717) is 23.4 Å². The third-order valence-electron chi connectivity index (χ3n) is 1.11. The lowest BCUT2D eigenvalue weighted by Crippen LogP contribution is -1.97. The number of rotatable bonds is 1. The predicted octanol–water partition coefficient (Wildman–Crippen LogP) is 0.0585. The Labute approximate surface area is 57.9 Å². The third-order valence-corrected chi connectivity index (χ3v) is 1.11. The van der Waals surface area contributed by atoms with Crippen molar-refractivity contribution in [1.29, 1.82) is 0 Å². The Morgan fingerprint density at radius 3 is 2.60 bits per heavy atom. The van der Waals surface area contributed by atoms with Crippen molar-refractivity contribution in [2.24, 2.45) is 0 Å². The predicted molar refractivity (Wildman–Crippen MR) is 38.4 cm³/mol. The summed E-state index contributed by atoms with van der Waals surface area (Å²) in [6.45, 7) is 0. The normalized spacial score (nSPS) is 9.20. The molecule has 10 heavy (non-hydrogen) atoms. The minimum atomic E-state index is 0.298. The molecule has 1 heterocycles. The molecule has 0 saturated heterocycles. The summed E-state index contributed by atoms with van der Waals surface area (Å²) in [5.41, 5.74) is 11.8. The Kier molecular flexibility index (Phi) is 1.53. The maximum Gasteiger partial charge on any atom is 0.168 e. The minimum absolute atomic E-state index is 0.298. The Bertz CT molecular complexity index is 259. The Hall–Kier alpha value is -1.58. The topological polar surface area (TPSA) is 82.0 Å². The average Bonchev–Trinajstić information content (AvgIpc) is 1.95. The van der Waals surface area contributed by atoms with Gasteiger partial charge in [0.1, 0.15) is 5.69 Å². The van der Waals surface area contributed by atoms with E-state index in [1.165, 1.54) is 12.3 Å². The van der Waals surface area contributed by atoms with Gasteiger partial charge in [0.15, 0.2) is 6.29 Å². The van der Waals surface area contributed by atoms with Crippen LogP contribution in [0.15, 0.2) is 12.3 Å². The van der Waals surface area contributed by atoms with Crippen molar-refractivity contribution in [3.8, 4) is 0 Å². The lowest BCUT2D eigenvalue weighted by atomic mass is 10.3. The van der Waals surface area contributed by atoms with E-state index >= 15 is 0 Å². The molecule has 0 aliphatic heterocycles. The number of hydrogen-bond acceptors (Lipinski definition) is 4. The molecule has 0 bridgehead atoms. The average molecular weight is 137 g/mol. The summed E-state index contributed by atoms with van der Waals surface area (Å²) >= 11 is 0. The van der Waals surface area contributed by atoms with Gasteiger partial charge in [-0.05, 0) is 6.07 Å². The van der Waals surface area contributed by atoms with Crippen molar-refractivity contribution < 1.29 is 4.79 Å². The number of nitrogens with zero attached hydrogens (tertiary/aromatic N) is 1.